The van der Waals surface area contributed by atoms with Crippen molar-refractivity contribution in [3.8, 4) is 0 Å². The Morgan fingerprint density at radius 3 is 2.68 bits per heavy atom. The molecule has 4 nitrogen and oxygen atoms in total. The molecule has 0 radical (unpaired) electrons. The van der Waals surface area contributed by atoms with Crippen LogP contribution >= 0.6 is 0 Å². The minimum absolute atomic E-state index is 0.0627. The van der Waals surface area contributed by atoms with Crippen LogP contribution in [0.5, 0.6) is 0 Å². The summed E-state index contributed by atoms with van der Waals surface area (Å²) in [6.45, 7) is 2.24. The van der Waals surface area contributed by atoms with Gasteiger partial charge in [-0.3, -0.25) is 9.13 Å². The Morgan fingerprint density at radius 2 is 1.95 bits per heavy atom. The minimum atomic E-state index is 0.0627. The van der Waals surface area contributed by atoms with Gasteiger partial charge in [-0.05, 0) is 49.9 Å². The lowest BCUT2D eigenvalue weighted by Gasteiger charge is -2.22. The molecule has 3 rings (SSSR count). The third kappa shape index (κ3) is 2.10. The molecule has 1 fully saturated rings. The summed E-state index contributed by atoms with van der Waals surface area (Å²) in [7, 11) is 3.72. The Hall–Kier alpha value is -1.55. The van der Waals surface area contributed by atoms with Gasteiger partial charge >= 0.3 is 5.69 Å². The molecule has 0 unspecified atom stereocenters. The van der Waals surface area contributed by atoms with Gasteiger partial charge in [0.2, 0.25) is 0 Å². The lowest BCUT2D eigenvalue weighted by Crippen LogP contribution is -2.28. The van der Waals surface area contributed by atoms with E-state index in [1.807, 2.05) is 20.2 Å². The fourth-order valence-corrected chi connectivity index (χ4v) is 3.22. The second-order valence-electron chi connectivity index (χ2n) is 5.58. The molecule has 0 saturated carbocycles. The molecular weight excluding hydrogens is 238 g/mol. The Labute approximate surface area is 113 Å². The number of aromatic nitrogens is 2. The van der Waals surface area contributed by atoms with Crippen LogP contribution in [0.3, 0.4) is 0 Å². The second kappa shape index (κ2) is 4.85. The first kappa shape index (κ1) is 12.5. The first-order valence-electron chi connectivity index (χ1n) is 7.02. The number of piperidine rings is 1. The van der Waals surface area contributed by atoms with Gasteiger partial charge in [0.05, 0.1) is 11.0 Å². The maximum Gasteiger partial charge on any atom is 0.328 e. The van der Waals surface area contributed by atoms with Gasteiger partial charge < -0.3 is 5.32 Å². The standard InChI is InChI=1S/C15H21N3O/c1-17-13-5-3-4-12(14(13)18(2)15(17)19)10-11-6-8-16-9-7-11/h3-5,11,16H,6-10H2,1-2H3. The number of hydrogen-bond donors (Lipinski definition) is 1. The van der Waals surface area contributed by atoms with Crippen molar-refractivity contribution in [3.05, 3.63) is 34.2 Å². The topological polar surface area (TPSA) is 39.0 Å². The highest BCUT2D eigenvalue weighted by Gasteiger charge is 2.17. The van der Waals surface area contributed by atoms with Gasteiger partial charge in [-0.1, -0.05) is 12.1 Å². The van der Waals surface area contributed by atoms with E-state index in [0.717, 1.165) is 36.5 Å². The van der Waals surface area contributed by atoms with Crippen LogP contribution in [0.4, 0.5) is 0 Å². The maximum absolute atomic E-state index is 12.0. The third-order valence-corrected chi connectivity index (χ3v) is 4.34. The van der Waals surface area contributed by atoms with Gasteiger partial charge in [0.15, 0.2) is 0 Å². The Kier molecular flexibility index (Phi) is 3.19. The fourth-order valence-electron chi connectivity index (χ4n) is 3.22. The van der Waals surface area contributed by atoms with Crippen molar-refractivity contribution in [2.24, 2.45) is 20.0 Å². The lowest BCUT2D eigenvalue weighted by molar-refractivity contribution is 0.373. The number of benzene rings is 1. The number of rotatable bonds is 2. The van der Waals surface area contributed by atoms with Gasteiger partial charge in [-0.2, -0.15) is 0 Å². The summed E-state index contributed by atoms with van der Waals surface area (Å²) in [6, 6.07) is 6.27. The van der Waals surface area contributed by atoms with E-state index in [1.165, 1.54) is 18.4 Å². The number of para-hydroxylation sites is 1. The molecular formula is C15H21N3O. The molecule has 1 aliphatic heterocycles. The van der Waals surface area contributed by atoms with Crippen LogP contribution in [0.15, 0.2) is 23.0 Å². The van der Waals surface area contributed by atoms with Crippen LogP contribution in [0, 0.1) is 5.92 Å². The van der Waals surface area contributed by atoms with E-state index in [-0.39, 0.29) is 5.69 Å². The molecule has 2 aromatic rings. The zero-order valence-electron chi connectivity index (χ0n) is 11.6. The normalized spacial score (nSPS) is 17.2. The quantitative estimate of drug-likeness (QED) is 0.886. The van der Waals surface area contributed by atoms with Crippen LogP contribution < -0.4 is 11.0 Å². The molecule has 4 heteroatoms. The summed E-state index contributed by atoms with van der Waals surface area (Å²) in [6.07, 6.45) is 3.55. The van der Waals surface area contributed by atoms with Crippen molar-refractivity contribution >= 4 is 11.0 Å². The largest absolute Gasteiger partial charge is 0.328 e. The molecule has 19 heavy (non-hydrogen) atoms. The van der Waals surface area contributed by atoms with Gasteiger partial charge in [0.1, 0.15) is 0 Å². The zero-order chi connectivity index (χ0) is 13.4. The highest BCUT2D eigenvalue weighted by molar-refractivity contribution is 5.79. The molecule has 1 aromatic carbocycles. The molecule has 0 atom stereocenters. The molecule has 1 saturated heterocycles. The van der Waals surface area contributed by atoms with Gasteiger partial charge in [0.25, 0.3) is 0 Å². The average Bonchev–Trinajstić information content (AvgIpc) is 2.66. The van der Waals surface area contributed by atoms with Crippen molar-refractivity contribution in [2.45, 2.75) is 19.3 Å². The molecule has 0 aliphatic carbocycles. The van der Waals surface area contributed by atoms with Crippen LogP contribution in [0.1, 0.15) is 18.4 Å². The van der Waals surface area contributed by atoms with E-state index >= 15 is 0 Å². The molecule has 1 N–H and O–H groups in total. The second-order valence-corrected chi connectivity index (χ2v) is 5.58. The third-order valence-electron chi connectivity index (χ3n) is 4.34. The summed E-state index contributed by atoms with van der Waals surface area (Å²) in [5, 5.41) is 3.40. The molecule has 0 spiro atoms. The number of imidazole rings is 1. The molecule has 2 heterocycles. The predicted octanol–water partition coefficient (Wildman–Crippen LogP) is 1.42. The number of nitrogens with one attached hydrogen (secondary N) is 1. The van der Waals surface area contributed by atoms with Gasteiger partial charge in [-0.25, -0.2) is 4.79 Å². The SMILES string of the molecule is Cn1c(=O)n(C)c2c(CC3CCNCC3)cccc21. The van der Waals surface area contributed by atoms with E-state index in [2.05, 4.69) is 17.4 Å². The van der Waals surface area contributed by atoms with Gasteiger partial charge in [0, 0.05) is 14.1 Å². The van der Waals surface area contributed by atoms with E-state index < -0.39 is 0 Å². The first-order valence-corrected chi connectivity index (χ1v) is 7.02. The van der Waals surface area contributed by atoms with Crippen molar-refractivity contribution in [2.75, 3.05) is 13.1 Å². The number of fused-ring (bicyclic) bond motifs is 1. The summed E-state index contributed by atoms with van der Waals surface area (Å²) >= 11 is 0. The van der Waals surface area contributed by atoms with E-state index in [9.17, 15) is 4.79 Å². The number of aryl methyl sites for hydroxylation is 2. The summed E-state index contributed by atoms with van der Waals surface area (Å²) in [5.41, 5.74) is 3.52. The van der Waals surface area contributed by atoms with Crippen molar-refractivity contribution in [1.82, 2.24) is 14.5 Å². The monoisotopic (exact) mass is 259 g/mol. The average molecular weight is 259 g/mol. The molecule has 0 amide bonds. The first-order chi connectivity index (χ1) is 9.18. The Morgan fingerprint density at radius 1 is 1.21 bits per heavy atom. The van der Waals surface area contributed by atoms with Gasteiger partial charge in [-0.15, -0.1) is 0 Å². The van der Waals surface area contributed by atoms with E-state index in [4.69, 9.17) is 0 Å². The molecule has 102 valence electrons. The fraction of sp³-hybridized carbons (Fsp3) is 0.533. The smallest absolute Gasteiger partial charge is 0.317 e. The lowest BCUT2D eigenvalue weighted by atomic mass is 9.90. The van der Waals surface area contributed by atoms with E-state index in [1.54, 1.807) is 9.13 Å². The van der Waals surface area contributed by atoms with Crippen LogP contribution in [0.2, 0.25) is 0 Å². The van der Waals surface area contributed by atoms with Crippen molar-refractivity contribution in [3.63, 3.8) is 0 Å². The summed E-state index contributed by atoms with van der Waals surface area (Å²) in [5.74, 6) is 0.738. The van der Waals surface area contributed by atoms with Crippen LogP contribution in [0.25, 0.3) is 11.0 Å². The maximum atomic E-state index is 12.0. The summed E-state index contributed by atoms with van der Waals surface area (Å²) in [4.78, 5) is 12.0. The predicted molar refractivity (Wildman–Crippen MR) is 77.5 cm³/mol. The zero-order valence-corrected chi connectivity index (χ0v) is 11.6. The van der Waals surface area contributed by atoms with Crippen molar-refractivity contribution in [1.29, 1.82) is 0 Å². The highest BCUT2D eigenvalue weighted by Crippen LogP contribution is 2.23. The molecule has 0 bridgehead atoms. The highest BCUT2D eigenvalue weighted by atomic mass is 16.1. The summed E-state index contributed by atoms with van der Waals surface area (Å²) < 4.78 is 3.52. The van der Waals surface area contributed by atoms with Crippen LogP contribution in [-0.2, 0) is 20.5 Å². The number of hydrogen-bond acceptors (Lipinski definition) is 2. The number of nitrogens with zero attached hydrogens (tertiary/aromatic N) is 2. The molecule has 1 aliphatic rings. The molecule has 1 aromatic heterocycles. The Balaban J connectivity index is 2.03. The Bertz CT molecular complexity index is 647. The van der Waals surface area contributed by atoms with Crippen LogP contribution in [-0.4, -0.2) is 22.2 Å². The van der Waals surface area contributed by atoms with E-state index in [0.29, 0.717) is 0 Å². The van der Waals surface area contributed by atoms with Crippen molar-refractivity contribution < 1.29 is 0 Å². The minimum Gasteiger partial charge on any atom is -0.317 e.